The molecule has 0 radical (unpaired) electrons. The minimum atomic E-state index is -0.432. The molecule has 0 bridgehead atoms. The average molecular weight is 454 g/mol. The molecule has 0 spiro atoms. The van der Waals surface area contributed by atoms with Crippen molar-refractivity contribution in [3.63, 3.8) is 0 Å². The number of aryl methyl sites for hydroxylation is 1. The minimum absolute atomic E-state index is 0.0387. The van der Waals surface area contributed by atoms with E-state index in [1.54, 1.807) is 9.80 Å². The molecule has 2 aromatic heterocycles. The number of amides is 2. The van der Waals surface area contributed by atoms with Crippen LogP contribution in [0, 0.1) is 0 Å². The van der Waals surface area contributed by atoms with E-state index in [9.17, 15) is 9.59 Å². The molecule has 172 valence electrons. The van der Waals surface area contributed by atoms with Gasteiger partial charge in [0.25, 0.3) is 0 Å². The van der Waals surface area contributed by atoms with Gasteiger partial charge in [-0.25, -0.2) is 0 Å². The highest BCUT2D eigenvalue weighted by Gasteiger charge is 2.42. The van der Waals surface area contributed by atoms with Gasteiger partial charge in [0.2, 0.25) is 11.8 Å². The Labute approximate surface area is 198 Å². The summed E-state index contributed by atoms with van der Waals surface area (Å²) < 4.78 is 2.08. The molecule has 7 heteroatoms. The maximum Gasteiger partial charge on any atom is 0.247 e. The summed E-state index contributed by atoms with van der Waals surface area (Å²) in [4.78, 5) is 36.8. The maximum absolute atomic E-state index is 13.6. The molecular formula is C27H27N5O2. The molecule has 2 aromatic carbocycles. The molecule has 2 aliphatic rings. The van der Waals surface area contributed by atoms with Crippen LogP contribution in [0.1, 0.15) is 11.1 Å². The van der Waals surface area contributed by atoms with Crippen molar-refractivity contribution in [2.24, 2.45) is 7.05 Å². The molecule has 1 atom stereocenters. The van der Waals surface area contributed by atoms with E-state index in [1.807, 2.05) is 43.6 Å². The van der Waals surface area contributed by atoms with Crippen molar-refractivity contribution < 1.29 is 9.59 Å². The van der Waals surface area contributed by atoms with Crippen LogP contribution in [0.4, 0.5) is 0 Å². The lowest BCUT2D eigenvalue weighted by atomic mass is 10.0. The number of aromatic nitrogens is 2. The van der Waals surface area contributed by atoms with Crippen molar-refractivity contribution in [3.8, 4) is 0 Å². The van der Waals surface area contributed by atoms with Crippen LogP contribution in [0.25, 0.3) is 21.8 Å². The van der Waals surface area contributed by atoms with Gasteiger partial charge >= 0.3 is 0 Å². The third-order valence-corrected chi connectivity index (χ3v) is 7.18. The summed E-state index contributed by atoms with van der Waals surface area (Å²) in [6.45, 7) is 3.22. The largest absolute Gasteiger partial charge is 0.350 e. The van der Waals surface area contributed by atoms with E-state index in [4.69, 9.17) is 0 Å². The fourth-order valence-electron chi connectivity index (χ4n) is 5.47. The normalized spacial score (nSPS) is 19.3. The van der Waals surface area contributed by atoms with Gasteiger partial charge in [-0.3, -0.25) is 19.5 Å². The Morgan fingerprint density at radius 3 is 2.68 bits per heavy atom. The van der Waals surface area contributed by atoms with Crippen molar-refractivity contribution >= 4 is 33.6 Å². The minimum Gasteiger partial charge on any atom is -0.350 e. The molecule has 4 aromatic rings. The second-order valence-corrected chi connectivity index (χ2v) is 9.30. The van der Waals surface area contributed by atoms with Gasteiger partial charge in [0.05, 0.1) is 5.52 Å². The number of rotatable bonds is 4. The molecule has 6 rings (SSSR count). The van der Waals surface area contributed by atoms with Crippen LogP contribution in [-0.2, 0) is 29.7 Å². The predicted octanol–water partition coefficient (Wildman–Crippen LogP) is 2.78. The van der Waals surface area contributed by atoms with Crippen molar-refractivity contribution in [3.05, 3.63) is 78.1 Å². The summed E-state index contributed by atoms with van der Waals surface area (Å²) in [6.07, 6.45) is 3.87. The highest BCUT2D eigenvalue weighted by Crippen LogP contribution is 2.26. The fraction of sp³-hybridized carbons (Fsp3) is 0.296. The van der Waals surface area contributed by atoms with E-state index in [-0.39, 0.29) is 18.4 Å². The Hall–Kier alpha value is -3.71. The topological polar surface area (TPSA) is 61.7 Å². The van der Waals surface area contributed by atoms with Crippen LogP contribution in [-0.4, -0.2) is 68.3 Å². The first kappa shape index (κ1) is 20.9. The van der Waals surface area contributed by atoms with Gasteiger partial charge in [0.1, 0.15) is 12.6 Å². The molecule has 2 fully saturated rings. The molecule has 0 N–H and O–H groups in total. The molecule has 2 aliphatic heterocycles. The Bertz CT molecular complexity index is 1410. The first-order valence-corrected chi connectivity index (χ1v) is 11.7. The lowest BCUT2D eigenvalue weighted by Crippen LogP contribution is -2.66. The molecule has 1 unspecified atom stereocenters. The first-order valence-electron chi connectivity index (χ1n) is 11.7. The quantitative estimate of drug-likeness (QED) is 0.477. The molecule has 2 amide bonds. The number of hydrogen-bond donors (Lipinski definition) is 0. The van der Waals surface area contributed by atoms with Gasteiger partial charge in [-0.1, -0.05) is 36.4 Å². The highest BCUT2D eigenvalue weighted by molar-refractivity contribution is 5.95. The summed E-state index contributed by atoms with van der Waals surface area (Å²) in [7, 11) is 2.01. The van der Waals surface area contributed by atoms with Gasteiger partial charge in [-0.15, -0.1) is 0 Å². The zero-order chi connectivity index (χ0) is 23.2. The van der Waals surface area contributed by atoms with Gasteiger partial charge in [-0.05, 0) is 29.3 Å². The molecule has 4 heterocycles. The third kappa shape index (κ3) is 3.53. The van der Waals surface area contributed by atoms with E-state index < -0.39 is 6.04 Å². The van der Waals surface area contributed by atoms with Crippen LogP contribution in [0.3, 0.4) is 0 Å². The molecule has 0 aliphatic carbocycles. The van der Waals surface area contributed by atoms with E-state index in [1.165, 1.54) is 5.56 Å². The van der Waals surface area contributed by atoms with Gasteiger partial charge in [0, 0.05) is 68.5 Å². The summed E-state index contributed by atoms with van der Waals surface area (Å²) in [6, 6.07) is 18.0. The Morgan fingerprint density at radius 1 is 0.912 bits per heavy atom. The van der Waals surface area contributed by atoms with Crippen LogP contribution in [0.15, 0.2) is 67.0 Å². The molecule has 2 saturated heterocycles. The first-order chi connectivity index (χ1) is 16.6. The van der Waals surface area contributed by atoms with Crippen LogP contribution in [0.2, 0.25) is 0 Å². The monoisotopic (exact) mass is 453 g/mol. The number of benzene rings is 2. The Morgan fingerprint density at radius 2 is 1.76 bits per heavy atom. The zero-order valence-corrected chi connectivity index (χ0v) is 19.2. The van der Waals surface area contributed by atoms with Crippen molar-refractivity contribution in [1.82, 2.24) is 24.3 Å². The number of carbonyl (C=O) groups is 2. The van der Waals surface area contributed by atoms with Crippen molar-refractivity contribution in [2.75, 3.05) is 26.2 Å². The van der Waals surface area contributed by atoms with Crippen LogP contribution >= 0.6 is 0 Å². The van der Waals surface area contributed by atoms with Crippen LogP contribution in [0.5, 0.6) is 0 Å². The second kappa shape index (κ2) is 8.25. The Kier molecular flexibility index (Phi) is 5.07. The molecular weight excluding hydrogens is 426 g/mol. The van der Waals surface area contributed by atoms with Gasteiger partial charge in [-0.2, -0.15) is 0 Å². The van der Waals surface area contributed by atoms with E-state index in [2.05, 4.69) is 44.9 Å². The summed E-state index contributed by atoms with van der Waals surface area (Å²) in [5.74, 6) is 0.0793. The third-order valence-electron chi connectivity index (χ3n) is 7.18. The smallest absolute Gasteiger partial charge is 0.247 e. The Balaban J connectivity index is 1.22. The molecule has 34 heavy (non-hydrogen) atoms. The maximum atomic E-state index is 13.6. The lowest BCUT2D eigenvalue weighted by molar-refractivity contribution is -0.160. The van der Waals surface area contributed by atoms with E-state index >= 15 is 0 Å². The number of hydrogen-bond acceptors (Lipinski definition) is 4. The number of pyridine rings is 1. The van der Waals surface area contributed by atoms with Crippen LogP contribution < -0.4 is 0 Å². The highest BCUT2D eigenvalue weighted by atomic mass is 16.2. The van der Waals surface area contributed by atoms with Crippen molar-refractivity contribution in [2.45, 2.75) is 19.1 Å². The number of nitrogens with zero attached hydrogens (tertiary/aromatic N) is 5. The average Bonchev–Trinajstić information content (AvgIpc) is 3.18. The number of piperazine rings is 2. The predicted molar refractivity (Wildman–Crippen MR) is 131 cm³/mol. The fourth-order valence-corrected chi connectivity index (χ4v) is 5.47. The molecule has 0 saturated carbocycles. The van der Waals surface area contributed by atoms with E-state index in [0.29, 0.717) is 19.6 Å². The van der Waals surface area contributed by atoms with E-state index in [0.717, 1.165) is 40.5 Å². The summed E-state index contributed by atoms with van der Waals surface area (Å²) >= 11 is 0. The number of carbonyl (C=O) groups excluding carboxylic acids is 2. The zero-order valence-electron chi connectivity index (χ0n) is 19.2. The van der Waals surface area contributed by atoms with Gasteiger partial charge < -0.3 is 14.4 Å². The van der Waals surface area contributed by atoms with Gasteiger partial charge in [0.15, 0.2) is 0 Å². The summed E-state index contributed by atoms with van der Waals surface area (Å²) in [5, 5.41) is 2.26. The van der Waals surface area contributed by atoms with Crippen molar-refractivity contribution in [1.29, 1.82) is 0 Å². The summed E-state index contributed by atoms with van der Waals surface area (Å²) in [5.41, 5.74) is 4.37. The number of fused-ring (bicyclic) bond motifs is 3. The second-order valence-electron chi connectivity index (χ2n) is 9.30. The molecule has 7 nitrogen and oxygen atoms in total. The number of para-hydroxylation sites is 1. The lowest BCUT2D eigenvalue weighted by Gasteiger charge is -2.46. The standard InChI is InChI=1S/C27H27N5O2/c1-29-14-20(22-7-2-3-10-24(22)29)16-31-18-26(33)32-13-12-30(17-25(32)27(31)34)15-19-6-4-9-23-21(19)8-5-11-28-23/h2-11,14,25H,12-13,15-18H2,1H3. The SMILES string of the molecule is Cn1cc(CN2CC(=O)N3CCN(Cc4cccc5ncccc45)CC3C2=O)c2ccccc21.